The molecule has 3 N–H and O–H groups in total. The van der Waals surface area contributed by atoms with Crippen molar-refractivity contribution in [2.45, 2.75) is 39.0 Å². The number of nitrogens with two attached hydrogens (primary N) is 1. The summed E-state index contributed by atoms with van der Waals surface area (Å²) < 4.78 is 27.2. The number of halogens is 1. The van der Waals surface area contributed by atoms with Crippen molar-refractivity contribution >= 4 is 27.3 Å². The van der Waals surface area contributed by atoms with Crippen LogP contribution in [0.25, 0.3) is 0 Å². The highest BCUT2D eigenvalue weighted by Gasteiger charge is 2.22. The Morgan fingerprint density at radius 3 is 2.47 bits per heavy atom. The molecule has 0 amide bonds. The van der Waals surface area contributed by atoms with E-state index in [0.717, 1.165) is 6.42 Å². The lowest BCUT2D eigenvalue weighted by Crippen LogP contribution is -2.34. The van der Waals surface area contributed by atoms with Gasteiger partial charge in [-0.25, -0.2) is 13.1 Å². The molecule has 0 atom stereocenters. The van der Waals surface area contributed by atoms with Gasteiger partial charge < -0.3 is 5.73 Å². The number of sulfonamides is 1. The maximum absolute atomic E-state index is 12.3. The van der Waals surface area contributed by atoms with Crippen molar-refractivity contribution < 1.29 is 8.42 Å². The van der Waals surface area contributed by atoms with E-state index < -0.39 is 10.0 Å². The summed E-state index contributed by atoms with van der Waals surface area (Å²) in [6.45, 7) is 8.13. The second-order valence-electron chi connectivity index (χ2n) is 5.48. The van der Waals surface area contributed by atoms with Crippen LogP contribution in [0, 0.1) is 12.3 Å². The van der Waals surface area contributed by atoms with Crippen LogP contribution in [0.2, 0.25) is 5.02 Å². The van der Waals surface area contributed by atoms with E-state index in [1.807, 2.05) is 20.8 Å². The Morgan fingerprint density at radius 2 is 1.95 bits per heavy atom. The van der Waals surface area contributed by atoms with Crippen LogP contribution in [0.5, 0.6) is 0 Å². The molecular weight excluding hydrogens is 284 g/mol. The number of hydrogen-bond donors (Lipinski definition) is 2. The van der Waals surface area contributed by atoms with Gasteiger partial charge in [0.25, 0.3) is 0 Å². The van der Waals surface area contributed by atoms with Crippen molar-refractivity contribution in [3.8, 4) is 0 Å². The third kappa shape index (κ3) is 4.09. The fourth-order valence-electron chi connectivity index (χ4n) is 1.45. The minimum Gasteiger partial charge on any atom is -0.397 e. The van der Waals surface area contributed by atoms with E-state index in [4.69, 9.17) is 17.3 Å². The van der Waals surface area contributed by atoms with Crippen molar-refractivity contribution in [3.05, 3.63) is 22.7 Å². The van der Waals surface area contributed by atoms with Gasteiger partial charge in [0.15, 0.2) is 0 Å². The molecule has 0 aliphatic heterocycles. The molecule has 0 bridgehead atoms. The molecule has 0 aromatic heterocycles. The SMILES string of the molecule is CCC(C)(C)CNS(=O)(=O)c1cc(N)c(Cl)cc1C. The summed E-state index contributed by atoms with van der Waals surface area (Å²) in [5.41, 5.74) is 6.44. The fourth-order valence-corrected chi connectivity index (χ4v) is 3.17. The van der Waals surface area contributed by atoms with Gasteiger partial charge >= 0.3 is 0 Å². The Bertz CT molecular complexity index is 568. The maximum atomic E-state index is 12.3. The minimum atomic E-state index is -3.56. The zero-order chi connectivity index (χ0) is 14.8. The molecule has 0 spiro atoms. The molecule has 6 heteroatoms. The highest BCUT2D eigenvalue weighted by molar-refractivity contribution is 7.89. The van der Waals surface area contributed by atoms with Crippen LogP contribution in [-0.2, 0) is 10.0 Å². The van der Waals surface area contributed by atoms with Gasteiger partial charge in [0.2, 0.25) is 10.0 Å². The third-order valence-corrected chi connectivity index (χ3v) is 5.15. The molecule has 1 aromatic rings. The molecule has 0 saturated carbocycles. The van der Waals surface area contributed by atoms with Gasteiger partial charge in [0, 0.05) is 6.54 Å². The van der Waals surface area contributed by atoms with Gasteiger partial charge in [-0.2, -0.15) is 0 Å². The highest BCUT2D eigenvalue weighted by atomic mass is 35.5. The van der Waals surface area contributed by atoms with Crippen LogP contribution in [0.3, 0.4) is 0 Å². The molecule has 0 fully saturated rings. The lowest BCUT2D eigenvalue weighted by atomic mass is 9.91. The largest absolute Gasteiger partial charge is 0.397 e. The topological polar surface area (TPSA) is 72.2 Å². The Balaban J connectivity index is 3.05. The van der Waals surface area contributed by atoms with Crippen molar-refractivity contribution in [2.24, 2.45) is 5.41 Å². The van der Waals surface area contributed by atoms with E-state index in [1.54, 1.807) is 13.0 Å². The van der Waals surface area contributed by atoms with Crippen LogP contribution >= 0.6 is 11.6 Å². The van der Waals surface area contributed by atoms with Crippen molar-refractivity contribution in [3.63, 3.8) is 0 Å². The van der Waals surface area contributed by atoms with Gasteiger partial charge in [-0.05, 0) is 36.5 Å². The fraction of sp³-hybridized carbons (Fsp3) is 0.538. The summed E-state index contributed by atoms with van der Waals surface area (Å²) in [5, 5.41) is 0.366. The van der Waals surface area contributed by atoms with Gasteiger partial charge in [0.05, 0.1) is 15.6 Å². The summed E-state index contributed by atoms with van der Waals surface area (Å²) in [6, 6.07) is 2.97. The number of rotatable bonds is 5. The van der Waals surface area contributed by atoms with E-state index >= 15 is 0 Å². The molecule has 0 aliphatic carbocycles. The van der Waals surface area contributed by atoms with Crippen molar-refractivity contribution in [1.82, 2.24) is 4.72 Å². The van der Waals surface area contributed by atoms with Gasteiger partial charge in [-0.1, -0.05) is 32.4 Å². The molecule has 0 aliphatic rings. The average Bonchev–Trinajstić information content (AvgIpc) is 2.31. The monoisotopic (exact) mass is 304 g/mol. The zero-order valence-corrected chi connectivity index (χ0v) is 13.3. The lowest BCUT2D eigenvalue weighted by Gasteiger charge is -2.23. The van der Waals surface area contributed by atoms with E-state index in [-0.39, 0.29) is 16.0 Å². The molecular formula is C13H21ClN2O2S. The molecule has 0 saturated heterocycles. The van der Waals surface area contributed by atoms with Crippen LogP contribution in [0.1, 0.15) is 32.8 Å². The number of hydrogen-bond acceptors (Lipinski definition) is 3. The van der Waals surface area contributed by atoms with Crippen LogP contribution in [-0.4, -0.2) is 15.0 Å². The summed E-state index contributed by atoms with van der Waals surface area (Å²) >= 11 is 5.87. The van der Waals surface area contributed by atoms with Crippen molar-refractivity contribution in [1.29, 1.82) is 0 Å². The summed E-state index contributed by atoms with van der Waals surface area (Å²) in [7, 11) is -3.56. The van der Waals surface area contributed by atoms with Gasteiger partial charge in [0.1, 0.15) is 0 Å². The average molecular weight is 305 g/mol. The molecule has 4 nitrogen and oxygen atoms in total. The van der Waals surface area contributed by atoms with E-state index in [1.165, 1.54) is 6.07 Å². The summed E-state index contributed by atoms with van der Waals surface area (Å²) in [5.74, 6) is 0. The zero-order valence-electron chi connectivity index (χ0n) is 11.7. The standard InChI is InChI=1S/C13H21ClN2O2S/c1-5-13(3,4)8-16-19(17,18)12-7-11(15)10(14)6-9(12)2/h6-7,16H,5,8,15H2,1-4H3. The van der Waals surface area contributed by atoms with Crippen molar-refractivity contribution in [2.75, 3.05) is 12.3 Å². The molecule has 0 heterocycles. The lowest BCUT2D eigenvalue weighted by molar-refractivity contribution is 0.350. The Labute approximate surface area is 120 Å². The third-order valence-electron chi connectivity index (χ3n) is 3.28. The smallest absolute Gasteiger partial charge is 0.240 e. The minimum absolute atomic E-state index is 0.0844. The molecule has 1 aromatic carbocycles. The molecule has 19 heavy (non-hydrogen) atoms. The summed E-state index contributed by atoms with van der Waals surface area (Å²) in [6.07, 6.45) is 0.886. The normalized spacial score (nSPS) is 12.7. The van der Waals surface area contributed by atoms with E-state index in [9.17, 15) is 8.42 Å². The van der Waals surface area contributed by atoms with Crippen LogP contribution < -0.4 is 10.5 Å². The molecule has 0 unspecified atom stereocenters. The number of anilines is 1. The molecule has 108 valence electrons. The number of aryl methyl sites for hydroxylation is 1. The Morgan fingerprint density at radius 1 is 1.37 bits per heavy atom. The Kier molecular flexibility index (Phi) is 4.87. The second kappa shape index (κ2) is 5.69. The van der Waals surface area contributed by atoms with E-state index in [0.29, 0.717) is 17.1 Å². The predicted octanol–water partition coefficient (Wildman–Crippen LogP) is 2.95. The first-order chi connectivity index (χ1) is 8.59. The Hall–Kier alpha value is -0.780. The predicted molar refractivity (Wildman–Crippen MR) is 79.9 cm³/mol. The highest BCUT2D eigenvalue weighted by Crippen LogP contribution is 2.26. The van der Waals surface area contributed by atoms with Crippen LogP contribution in [0.4, 0.5) is 5.69 Å². The number of benzene rings is 1. The molecule has 0 radical (unpaired) electrons. The maximum Gasteiger partial charge on any atom is 0.240 e. The van der Waals surface area contributed by atoms with Crippen LogP contribution in [0.15, 0.2) is 17.0 Å². The quantitative estimate of drug-likeness (QED) is 0.822. The first-order valence-corrected chi connectivity index (χ1v) is 8.00. The first kappa shape index (κ1) is 16.3. The van der Waals surface area contributed by atoms with Gasteiger partial charge in [-0.15, -0.1) is 0 Å². The second-order valence-corrected chi connectivity index (χ2v) is 7.62. The van der Waals surface area contributed by atoms with Gasteiger partial charge in [-0.3, -0.25) is 0 Å². The first-order valence-electron chi connectivity index (χ1n) is 6.14. The van der Waals surface area contributed by atoms with E-state index in [2.05, 4.69) is 4.72 Å². The summed E-state index contributed by atoms with van der Waals surface area (Å²) in [4.78, 5) is 0.182. The number of nitrogens with one attached hydrogen (secondary N) is 1. The number of nitrogen functional groups attached to an aromatic ring is 1. The molecule has 1 rings (SSSR count).